The van der Waals surface area contributed by atoms with Crippen LogP contribution in [0.3, 0.4) is 0 Å². The van der Waals surface area contributed by atoms with E-state index in [0.29, 0.717) is 12.8 Å². The molecule has 0 aromatic heterocycles. The summed E-state index contributed by atoms with van der Waals surface area (Å²) in [7, 11) is -9.43. The smallest absolute Gasteiger partial charge is 0.303 e. The highest BCUT2D eigenvalue weighted by Gasteiger charge is 2.41. The third kappa shape index (κ3) is 5.35. The molecule has 2 unspecified atom stereocenters. The van der Waals surface area contributed by atoms with Gasteiger partial charge in [-0.25, -0.2) is 0 Å². The first kappa shape index (κ1) is 17.3. The van der Waals surface area contributed by atoms with Gasteiger partial charge in [-0.3, -0.25) is 13.9 Å². The van der Waals surface area contributed by atoms with E-state index in [1.807, 2.05) is 0 Å². The zero-order valence-electron chi connectivity index (χ0n) is 10.7. The molecule has 0 spiro atoms. The summed E-state index contributed by atoms with van der Waals surface area (Å²) in [6.07, 6.45) is 2.19. The van der Waals surface area contributed by atoms with Crippen molar-refractivity contribution in [3.63, 3.8) is 0 Å². The van der Waals surface area contributed by atoms with Crippen molar-refractivity contribution in [2.24, 2.45) is 11.8 Å². The molecule has 1 rings (SSSR count). The summed E-state index contributed by atoms with van der Waals surface area (Å²) in [5.74, 6) is -3.79. The van der Waals surface area contributed by atoms with Gasteiger partial charge in [-0.15, -0.1) is 0 Å². The fraction of sp³-hybridized carbons (Fsp3) is 0.900. The van der Waals surface area contributed by atoms with Crippen LogP contribution in [0.5, 0.6) is 0 Å². The maximum Gasteiger partial charge on any atom is 0.303 e. The number of carboxylic acids is 1. The largest absolute Gasteiger partial charge is 0.481 e. The summed E-state index contributed by atoms with van der Waals surface area (Å²) in [4.78, 5) is 10.9. The maximum absolute atomic E-state index is 11.4. The highest BCUT2D eigenvalue weighted by Crippen LogP contribution is 2.37. The Balaban J connectivity index is 3.11. The van der Waals surface area contributed by atoms with Gasteiger partial charge in [0.05, 0.1) is 5.75 Å². The first-order valence-electron chi connectivity index (χ1n) is 6.14. The summed E-state index contributed by atoms with van der Waals surface area (Å²) < 4.78 is 62.6. The molecule has 1 aliphatic carbocycles. The van der Waals surface area contributed by atoms with Gasteiger partial charge in [0.1, 0.15) is 5.25 Å². The van der Waals surface area contributed by atoms with Crippen molar-refractivity contribution in [3.05, 3.63) is 0 Å². The number of hydrogen-bond acceptors (Lipinski definition) is 5. The second-order valence-electron chi connectivity index (χ2n) is 5.11. The first-order chi connectivity index (χ1) is 9.00. The molecule has 0 aromatic rings. The van der Waals surface area contributed by atoms with Crippen LogP contribution in [0.25, 0.3) is 0 Å². The normalized spacial score (nSPS) is 20.7. The molecular formula is C10H18O8S2. The fourth-order valence-electron chi connectivity index (χ4n) is 2.83. The molecule has 1 fully saturated rings. The third-order valence-electron chi connectivity index (χ3n) is 3.65. The predicted octanol–water partition coefficient (Wildman–Crippen LogP) is 0.412. The highest BCUT2D eigenvalue weighted by atomic mass is 32.2. The van der Waals surface area contributed by atoms with Gasteiger partial charge >= 0.3 is 5.97 Å². The van der Waals surface area contributed by atoms with Crippen LogP contribution in [-0.2, 0) is 25.0 Å². The van der Waals surface area contributed by atoms with E-state index in [-0.39, 0.29) is 5.92 Å². The number of rotatable bonds is 7. The predicted molar refractivity (Wildman–Crippen MR) is 69.5 cm³/mol. The number of aliphatic carboxylic acids is 1. The number of carboxylic acid groups (broad SMARTS) is 1. The molecule has 118 valence electrons. The molecule has 0 aromatic carbocycles. The molecule has 3 N–H and O–H groups in total. The lowest BCUT2D eigenvalue weighted by atomic mass is 9.86. The zero-order valence-corrected chi connectivity index (χ0v) is 12.3. The quantitative estimate of drug-likeness (QED) is 0.569. The van der Waals surface area contributed by atoms with Crippen molar-refractivity contribution >= 4 is 26.2 Å². The van der Waals surface area contributed by atoms with Crippen molar-refractivity contribution in [2.75, 3.05) is 5.75 Å². The molecule has 10 heteroatoms. The fourth-order valence-corrected chi connectivity index (χ4v) is 5.45. The van der Waals surface area contributed by atoms with E-state index in [4.69, 9.17) is 9.66 Å². The van der Waals surface area contributed by atoms with E-state index in [2.05, 4.69) is 0 Å². The van der Waals surface area contributed by atoms with Crippen LogP contribution < -0.4 is 0 Å². The van der Waals surface area contributed by atoms with Gasteiger partial charge in [0.2, 0.25) is 0 Å². The minimum absolute atomic E-state index is 0.292. The molecule has 0 amide bonds. The molecule has 2 atom stereocenters. The summed E-state index contributed by atoms with van der Waals surface area (Å²) in [5.41, 5.74) is 0. The molecule has 1 aliphatic rings. The lowest BCUT2D eigenvalue weighted by molar-refractivity contribution is -0.138. The van der Waals surface area contributed by atoms with E-state index in [9.17, 15) is 26.2 Å². The van der Waals surface area contributed by atoms with Gasteiger partial charge in [-0.2, -0.15) is 16.8 Å². The Morgan fingerprint density at radius 2 is 1.60 bits per heavy atom. The molecule has 0 aliphatic heterocycles. The Morgan fingerprint density at radius 3 is 1.95 bits per heavy atom. The second-order valence-corrected chi connectivity index (χ2v) is 8.24. The zero-order chi connectivity index (χ0) is 15.6. The summed E-state index contributed by atoms with van der Waals surface area (Å²) in [6, 6.07) is 0. The minimum Gasteiger partial charge on any atom is -0.481 e. The summed E-state index contributed by atoms with van der Waals surface area (Å²) in [5, 5.41) is 7.05. The average molecular weight is 330 g/mol. The number of carbonyl (C=O) groups is 1. The van der Waals surface area contributed by atoms with Crippen LogP contribution >= 0.6 is 0 Å². The van der Waals surface area contributed by atoms with Crippen LogP contribution in [0, 0.1) is 11.8 Å². The minimum atomic E-state index is -4.78. The van der Waals surface area contributed by atoms with Crippen LogP contribution in [-0.4, -0.2) is 48.0 Å². The van der Waals surface area contributed by atoms with Gasteiger partial charge in [-0.1, -0.05) is 25.7 Å². The van der Waals surface area contributed by atoms with E-state index in [1.165, 1.54) is 0 Å². The monoisotopic (exact) mass is 330 g/mol. The lowest BCUT2D eigenvalue weighted by Crippen LogP contribution is -2.40. The van der Waals surface area contributed by atoms with Gasteiger partial charge in [0.15, 0.2) is 0 Å². The molecule has 8 nitrogen and oxygen atoms in total. The molecular weight excluding hydrogens is 312 g/mol. The van der Waals surface area contributed by atoms with Gasteiger partial charge in [-0.05, 0) is 11.8 Å². The molecule has 20 heavy (non-hydrogen) atoms. The lowest BCUT2D eigenvalue weighted by Gasteiger charge is -2.27. The summed E-state index contributed by atoms with van der Waals surface area (Å²) >= 11 is 0. The van der Waals surface area contributed by atoms with Gasteiger partial charge in [0.25, 0.3) is 20.2 Å². The molecule has 0 heterocycles. The van der Waals surface area contributed by atoms with Crippen molar-refractivity contribution in [3.8, 4) is 0 Å². The Bertz CT molecular complexity index is 544. The molecule has 0 radical (unpaired) electrons. The van der Waals surface area contributed by atoms with Crippen molar-refractivity contribution in [2.45, 2.75) is 37.4 Å². The Morgan fingerprint density at radius 1 is 1.10 bits per heavy atom. The molecule has 0 saturated heterocycles. The van der Waals surface area contributed by atoms with E-state index in [0.717, 1.165) is 12.8 Å². The average Bonchev–Trinajstić information content (AvgIpc) is 2.72. The first-order valence-corrected chi connectivity index (χ1v) is 9.25. The van der Waals surface area contributed by atoms with E-state index >= 15 is 0 Å². The topological polar surface area (TPSA) is 146 Å². The third-order valence-corrected chi connectivity index (χ3v) is 5.92. The van der Waals surface area contributed by atoms with Crippen LogP contribution in [0.4, 0.5) is 0 Å². The Kier molecular flexibility index (Phi) is 5.53. The standard InChI is InChI=1S/C10H18O8S2/c11-10(12)5-8(7-3-1-2-4-7)9(20(16,17)18)6-19(13,14)15/h7-9H,1-6H2,(H,11,12)(H,13,14,15)(H,16,17,18). The van der Waals surface area contributed by atoms with Crippen molar-refractivity contribution in [1.82, 2.24) is 0 Å². The second kappa shape index (κ2) is 6.37. The van der Waals surface area contributed by atoms with E-state index < -0.39 is 49.5 Å². The van der Waals surface area contributed by atoms with E-state index in [1.54, 1.807) is 0 Å². The highest BCUT2D eigenvalue weighted by molar-refractivity contribution is 7.90. The van der Waals surface area contributed by atoms with Crippen molar-refractivity contribution < 1.29 is 35.8 Å². The van der Waals surface area contributed by atoms with Gasteiger partial charge in [0, 0.05) is 6.42 Å². The molecule has 1 saturated carbocycles. The van der Waals surface area contributed by atoms with Crippen LogP contribution in [0.1, 0.15) is 32.1 Å². The van der Waals surface area contributed by atoms with Crippen molar-refractivity contribution in [1.29, 1.82) is 0 Å². The number of hydrogen-bond donors (Lipinski definition) is 3. The Labute approximate surface area is 117 Å². The Hall–Kier alpha value is -0.710. The van der Waals surface area contributed by atoms with Crippen LogP contribution in [0.2, 0.25) is 0 Å². The summed E-state index contributed by atoms with van der Waals surface area (Å²) in [6.45, 7) is 0. The van der Waals surface area contributed by atoms with Gasteiger partial charge < -0.3 is 5.11 Å². The van der Waals surface area contributed by atoms with Crippen LogP contribution in [0.15, 0.2) is 0 Å². The maximum atomic E-state index is 11.4. The molecule has 0 bridgehead atoms. The SMILES string of the molecule is O=C(O)CC(C1CCCC1)C(CS(=O)(=O)O)S(=O)(=O)O.